The van der Waals surface area contributed by atoms with E-state index in [-0.39, 0.29) is 12.1 Å². The second-order valence-corrected chi connectivity index (χ2v) is 4.68. The van der Waals surface area contributed by atoms with Crippen molar-refractivity contribution in [1.29, 1.82) is 0 Å². The Morgan fingerprint density at radius 1 is 1.14 bits per heavy atom. The third-order valence-electron chi connectivity index (χ3n) is 3.48. The number of nitrogens with two attached hydrogens (primary N) is 1. The fourth-order valence-electron chi connectivity index (χ4n) is 2.21. The van der Waals surface area contributed by atoms with Gasteiger partial charge in [0.1, 0.15) is 11.6 Å². The van der Waals surface area contributed by atoms with E-state index >= 15 is 0 Å². The Morgan fingerprint density at radius 3 is 2.29 bits per heavy atom. The number of carbonyl (C=O) groups excluding carboxylic acids is 1. The van der Waals surface area contributed by atoms with Crippen molar-refractivity contribution >= 4 is 5.97 Å². The van der Waals surface area contributed by atoms with Gasteiger partial charge in [-0.25, -0.2) is 0 Å². The molecule has 0 aromatic rings. The molecule has 0 saturated heterocycles. The molecule has 0 atom stereocenters. The molecule has 2 aliphatic rings. The Morgan fingerprint density at radius 2 is 1.79 bits per heavy atom. The first-order valence-corrected chi connectivity index (χ1v) is 5.71. The molecule has 2 fully saturated rings. The maximum atomic E-state index is 11.7. The summed E-state index contributed by atoms with van der Waals surface area (Å²) in [5.74, 6) is -0.157. The summed E-state index contributed by atoms with van der Waals surface area (Å²) in [6.45, 7) is 0. The molecule has 0 heterocycles. The summed E-state index contributed by atoms with van der Waals surface area (Å²) in [5, 5.41) is 0. The zero-order valence-electron chi connectivity index (χ0n) is 8.63. The third-order valence-corrected chi connectivity index (χ3v) is 3.48. The Labute approximate surface area is 85.0 Å². The highest BCUT2D eigenvalue weighted by atomic mass is 16.5. The highest BCUT2D eigenvalue weighted by Gasteiger charge is 2.42. The minimum Gasteiger partial charge on any atom is -0.461 e. The molecule has 0 bridgehead atoms. The van der Waals surface area contributed by atoms with Crippen LogP contribution in [0.3, 0.4) is 0 Å². The first-order valence-electron chi connectivity index (χ1n) is 5.71. The highest BCUT2D eigenvalue weighted by molar-refractivity contribution is 5.81. The monoisotopic (exact) mass is 197 g/mol. The lowest BCUT2D eigenvalue weighted by molar-refractivity contribution is -0.160. The van der Waals surface area contributed by atoms with Crippen molar-refractivity contribution in [2.75, 3.05) is 0 Å². The van der Waals surface area contributed by atoms with Crippen LogP contribution in [0.4, 0.5) is 0 Å². The topological polar surface area (TPSA) is 52.3 Å². The molecule has 0 aliphatic heterocycles. The normalized spacial score (nSPS) is 26.6. The SMILES string of the molecule is NC1(C(=O)OC2CCCCC2)CCC1. The van der Waals surface area contributed by atoms with Crippen LogP contribution in [0.15, 0.2) is 0 Å². The van der Waals surface area contributed by atoms with Crippen molar-refractivity contribution < 1.29 is 9.53 Å². The van der Waals surface area contributed by atoms with E-state index < -0.39 is 5.54 Å². The Bertz CT molecular complexity index is 217. The molecule has 3 heteroatoms. The summed E-state index contributed by atoms with van der Waals surface area (Å²) < 4.78 is 5.43. The molecule has 0 aromatic carbocycles. The molecule has 2 rings (SSSR count). The fraction of sp³-hybridized carbons (Fsp3) is 0.909. The summed E-state index contributed by atoms with van der Waals surface area (Å²) in [6, 6.07) is 0. The van der Waals surface area contributed by atoms with Gasteiger partial charge in [-0.05, 0) is 44.9 Å². The van der Waals surface area contributed by atoms with Crippen LogP contribution in [0.2, 0.25) is 0 Å². The lowest BCUT2D eigenvalue weighted by Crippen LogP contribution is -2.55. The first kappa shape index (κ1) is 9.97. The van der Waals surface area contributed by atoms with Gasteiger partial charge in [-0.3, -0.25) is 4.79 Å². The maximum absolute atomic E-state index is 11.7. The van der Waals surface area contributed by atoms with Crippen molar-refractivity contribution in [1.82, 2.24) is 0 Å². The lowest BCUT2D eigenvalue weighted by atomic mass is 9.78. The van der Waals surface area contributed by atoms with Gasteiger partial charge in [0.15, 0.2) is 0 Å². The van der Waals surface area contributed by atoms with Crippen LogP contribution in [0.5, 0.6) is 0 Å². The number of esters is 1. The zero-order valence-corrected chi connectivity index (χ0v) is 8.63. The zero-order chi connectivity index (χ0) is 10.0. The molecule has 14 heavy (non-hydrogen) atoms. The average Bonchev–Trinajstić information content (AvgIpc) is 2.15. The minimum atomic E-state index is -0.628. The number of hydrogen-bond donors (Lipinski definition) is 1. The molecule has 80 valence electrons. The van der Waals surface area contributed by atoms with Gasteiger partial charge in [0.05, 0.1) is 0 Å². The van der Waals surface area contributed by atoms with Crippen LogP contribution in [-0.4, -0.2) is 17.6 Å². The van der Waals surface area contributed by atoms with E-state index in [9.17, 15) is 4.79 Å². The number of rotatable bonds is 2. The predicted octanol–water partition coefficient (Wildman–Crippen LogP) is 1.74. The average molecular weight is 197 g/mol. The van der Waals surface area contributed by atoms with Gasteiger partial charge in [0, 0.05) is 0 Å². The van der Waals surface area contributed by atoms with Crippen molar-refractivity contribution in [2.45, 2.75) is 63.0 Å². The van der Waals surface area contributed by atoms with Crippen LogP contribution in [-0.2, 0) is 9.53 Å². The van der Waals surface area contributed by atoms with E-state index in [1.165, 1.54) is 19.3 Å². The van der Waals surface area contributed by atoms with Gasteiger partial charge >= 0.3 is 5.97 Å². The van der Waals surface area contributed by atoms with Crippen LogP contribution in [0.1, 0.15) is 51.4 Å². The first-order chi connectivity index (χ1) is 6.71. The minimum absolute atomic E-state index is 0.150. The Kier molecular flexibility index (Phi) is 2.77. The molecule has 0 amide bonds. The fourth-order valence-corrected chi connectivity index (χ4v) is 2.21. The Balaban J connectivity index is 1.81. The van der Waals surface area contributed by atoms with Crippen molar-refractivity contribution in [3.8, 4) is 0 Å². The molecule has 2 saturated carbocycles. The highest BCUT2D eigenvalue weighted by Crippen LogP contribution is 2.31. The van der Waals surface area contributed by atoms with E-state index in [1.807, 2.05) is 0 Å². The van der Waals surface area contributed by atoms with Gasteiger partial charge in [-0.1, -0.05) is 6.42 Å². The molecular weight excluding hydrogens is 178 g/mol. The van der Waals surface area contributed by atoms with Crippen LogP contribution in [0.25, 0.3) is 0 Å². The summed E-state index contributed by atoms with van der Waals surface area (Å²) in [7, 11) is 0. The molecule has 2 N–H and O–H groups in total. The molecular formula is C11H19NO2. The predicted molar refractivity (Wildman–Crippen MR) is 53.7 cm³/mol. The molecule has 0 aromatic heterocycles. The smallest absolute Gasteiger partial charge is 0.326 e. The summed E-state index contributed by atoms with van der Waals surface area (Å²) >= 11 is 0. The van der Waals surface area contributed by atoms with Crippen molar-refractivity contribution in [3.05, 3.63) is 0 Å². The number of ether oxygens (including phenoxy) is 1. The summed E-state index contributed by atoms with van der Waals surface area (Å²) in [6.07, 6.45) is 8.54. The van der Waals surface area contributed by atoms with E-state index in [0.717, 1.165) is 32.1 Å². The van der Waals surface area contributed by atoms with Crippen molar-refractivity contribution in [3.63, 3.8) is 0 Å². The molecule has 0 unspecified atom stereocenters. The van der Waals surface area contributed by atoms with Gasteiger partial charge in [-0.2, -0.15) is 0 Å². The largest absolute Gasteiger partial charge is 0.461 e. The van der Waals surface area contributed by atoms with E-state index in [1.54, 1.807) is 0 Å². The molecule has 3 nitrogen and oxygen atoms in total. The maximum Gasteiger partial charge on any atom is 0.326 e. The van der Waals surface area contributed by atoms with Crippen molar-refractivity contribution in [2.24, 2.45) is 5.73 Å². The van der Waals surface area contributed by atoms with Gasteiger partial charge < -0.3 is 10.5 Å². The van der Waals surface area contributed by atoms with Crippen LogP contribution >= 0.6 is 0 Å². The number of hydrogen-bond acceptors (Lipinski definition) is 3. The van der Waals surface area contributed by atoms with E-state index in [0.29, 0.717) is 0 Å². The molecule has 2 aliphatic carbocycles. The van der Waals surface area contributed by atoms with Gasteiger partial charge in [-0.15, -0.1) is 0 Å². The molecule has 0 radical (unpaired) electrons. The lowest BCUT2D eigenvalue weighted by Gasteiger charge is -2.37. The standard InChI is InChI=1S/C11H19NO2/c12-11(7-4-8-11)10(13)14-9-5-2-1-3-6-9/h9H,1-8,12H2. The second kappa shape index (κ2) is 3.89. The Hall–Kier alpha value is -0.570. The summed E-state index contributed by atoms with van der Waals surface area (Å²) in [5.41, 5.74) is 5.26. The van der Waals surface area contributed by atoms with Gasteiger partial charge in [0.25, 0.3) is 0 Å². The number of carbonyl (C=O) groups is 1. The quantitative estimate of drug-likeness (QED) is 0.686. The molecule has 0 spiro atoms. The van der Waals surface area contributed by atoms with E-state index in [2.05, 4.69) is 0 Å². The van der Waals surface area contributed by atoms with Gasteiger partial charge in [0.2, 0.25) is 0 Å². The van der Waals surface area contributed by atoms with E-state index in [4.69, 9.17) is 10.5 Å². The summed E-state index contributed by atoms with van der Waals surface area (Å²) in [4.78, 5) is 11.7. The third kappa shape index (κ3) is 1.92. The van der Waals surface area contributed by atoms with Crippen LogP contribution < -0.4 is 5.73 Å². The van der Waals surface area contributed by atoms with Crippen LogP contribution in [0, 0.1) is 0 Å². The second-order valence-electron chi connectivity index (χ2n) is 4.68.